The number of anilines is 1. The van der Waals surface area contributed by atoms with Gasteiger partial charge in [0.05, 0.1) is 11.4 Å². The standard InChI is InChI=1S/C13H21BrN4/c1-3-11-12(4-2)16-17-13(15-11)18-7-5-10(9-14)6-8-18/h10H,3-9H2,1-2H3. The summed E-state index contributed by atoms with van der Waals surface area (Å²) in [6, 6.07) is 0. The average Bonchev–Trinajstić information content (AvgIpc) is 2.46. The van der Waals surface area contributed by atoms with Gasteiger partial charge in [-0.05, 0) is 31.6 Å². The largest absolute Gasteiger partial charge is 0.340 e. The molecular formula is C13H21BrN4. The first-order chi connectivity index (χ1) is 8.78. The number of alkyl halides is 1. The Balaban J connectivity index is 2.09. The van der Waals surface area contributed by atoms with Crippen molar-refractivity contribution in [1.29, 1.82) is 0 Å². The number of hydrogen-bond acceptors (Lipinski definition) is 4. The van der Waals surface area contributed by atoms with Gasteiger partial charge in [-0.25, -0.2) is 4.98 Å². The Kier molecular flexibility index (Phi) is 4.92. The summed E-state index contributed by atoms with van der Waals surface area (Å²) in [5.74, 6) is 1.62. The summed E-state index contributed by atoms with van der Waals surface area (Å²) in [6.45, 7) is 6.33. The predicted molar refractivity (Wildman–Crippen MR) is 77.3 cm³/mol. The second-order valence-corrected chi connectivity index (χ2v) is 5.44. The van der Waals surface area contributed by atoms with Crippen molar-refractivity contribution in [3.63, 3.8) is 0 Å². The van der Waals surface area contributed by atoms with E-state index in [2.05, 4.69) is 49.9 Å². The Morgan fingerprint density at radius 1 is 1.11 bits per heavy atom. The molecule has 0 radical (unpaired) electrons. The number of rotatable bonds is 4. The van der Waals surface area contributed by atoms with Crippen molar-refractivity contribution < 1.29 is 0 Å². The Labute approximate surface area is 117 Å². The number of aromatic nitrogens is 3. The van der Waals surface area contributed by atoms with Crippen LogP contribution in [0.4, 0.5) is 5.95 Å². The third-order valence-corrected chi connectivity index (χ3v) is 4.53. The first kappa shape index (κ1) is 13.7. The van der Waals surface area contributed by atoms with Crippen molar-refractivity contribution in [3.8, 4) is 0 Å². The van der Waals surface area contributed by atoms with Crippen LogP contribution < -0.4 is 4.90 Å². The summed E-state index contributed by atoms with van der Waals surface area (Å²) in [5.41, 5.74) is 2.14. The lowest BCUT2D eigenvalue weighted by Crippen LogP contribution is -2.35. The van der Waals surface area contributed by atoms with Crippen LogP contribution in [0.3, 0.4) is 0 Å². The van der Waals surface area contributed by atoms with Crippen LogP contribution in [0.25, 0.3) is 0 Å². The molecule has 0 N–H and O–H groups in total. The maximum absolute atomic E-state index is 4.68. The molecule has 2 heterocycles. The van der Waals surface area contributed by atoms with Gasteiger partial charge in [-0.2, -0.15) is 5.10 Å². The lowest BCUT2D eigenvalue weighted by atomic mass is 9.99. The van der Waals surface area contributed by atoms with Gasteiger partial charge in [0.2, 0.25) is 5.95 Å². The minimum absolute atomic E-state index is 0.801. The van der Waals surface area contributed by atoms with Crippen LogP contribution in [-0.2, 0) is 12.8 Å². The molecule has 1 saturated heterocycles. The van der Waals surface area contributed by atoms with Crippen LogP contribution in [0.1, 0.15) is 38.1 Å². The molecule has 0 unspecified atom stereocenters. The van der Waals surface area contributed by atoms with Gasteiger partial charge in [0.25, 0.3) is 0 Å². The summed E-state index contributed by atoms with van der Waals surface area (Å²) >= 11 is 3.57. The van der Waals surface area contributed by atoms with E-state index in [1.54, 1.807) is 0 Å². The minimum atomic E-state index is 0.801. The summed E-state index contributed by atoms with van der Waals surface area (Å²) in [7, 11) is 0. The third-order valence-electron chi connectivity index (χ3n) is 3.61. The Bertz CT molecular complexity index is 389. The van der Waals surface area contributed by atoms with E-state index in [9.17, 15) is 0 Å². The molecule has 1 aliphatic rings. The van der Waals surface area contributed by atoms with Crippen LogP contribution in [0.5, 0.6) is 0 Å². The minimum Gasteiger partial charge on any atom is -0.340 e. The van der Waals surface area contributed by atoms with Crippen LogP contribution in [0.15, 0.2) is 0 Å². The molecule has 1 aromatic heterocycles. The van der Waals surface area contributed by atoms with Crippen molar-refractivity contribution in [2.45, 2.75) is 39.5 Å². The summed E-state index contributed by atoms with van der Waals surface area (Å²) in [5, 5.41) is 9.71. The quantitative estimate of drug-likeness (QED) is 0.801. The Morgan fingerprint density at radius 3 is 2.33 bits per heavy atom. The molecule has 0 amide bonds. The monoisotopic (exact) mass is 312 g/mol. The average molecular weight is 313 g/mol. The molecule has 1 fully saturated rings. The Hall–Kier alpha value is -0.710. The lowest BCUT2D eigenvalue weighted by Gasteiger charge is -2.31. The second kappa shape index (κ2) is 6.45. The zero-order valence-corrected chi connectivity index (χ0v) is 12.8. The van der Waals surface area contributed by atoms with Crippen molar-refractivity contribution in [2.75, 3.05) is 23.3 Å². The molecule has 100 valence electrons. The van der Waals surface area contributed by atoms with Gasteiger partial charge in [-0.15, -0.1) is 5.10 Å². The van der Waals surface area contributed by atoms with Gasteiger partial charge < -0.3 is 4.90 Å². The number of aryl methyl sites for hydroxylation is 2. The molecule has 2 rings (SSSR count). The van der Waals surface area contributed by atoms with Gasteiger partial charge >= 0.3 is 0 Å². The van der Waals surface area contributed by atoms with Gasteiger partial charge in [0, 0.05) is 18.4 Å². The fourth-order valence-electron chi connectivity index (χ4n) is 2.35. The van der Waals surface area contributed by atoms with E-state index in [4.69, 9.17) is 0 Å². The lowest BCUT2D eigenvalue weighted by molar-refractivity contribution is 0.441. The highest BCUT2D eigenvalue weighted by molar-refractivity contribution is 9.09. The molecule has 0 aliphatic carbocycles. The van der Waals surface area contributed by atoms with Gasteiger partial charge in [-0.1, -0.05) is 29.8 Å². The highest BCUT2D eigenvalue weighted by atomic mass is 79.9. The first-order valence-electron chi connectivity index (χ1n) is 6.81. The number of nitrogens with zero attached hydrogens (tertiary/aromatic N) is 4. The maximum atomic E-state index is 4.68. The maximum Gasteiger partial charge on any atom is 0.245 e. The van der Waals surface area contributed by atoms with Gasteiger partial charge in [0.1, 0.15) is 0 Å². The molecule has 0 bridgehead atoms. The van der Waals surface area contributed by atoms with Crippen LogP contribution >= 0.6 is 15.9 Å². The zero-order chi connectivity index (χ0) is 13.0. The zero-order valence-electron chi connectivity index (χ0n) is 11.2. The summed E-state index contributed by atoms with van der Waals surface area (Å²) in [4.78, 5) is 6.95. The van der Waals surface area contributed by atoms with E-state index in [-0.39, 0.29) is 0 Å². The normalized spacial score (nSPS) is 17.2. The van der Waals surface area contributed by atoms with Gasteiger partial charge in [0.15, 0.2) is 0 Å². The highest BCUT2D eigenvalue weighted by Crippen LogP contribution is 2.22. The molecule has 1 aliphatic heterocycles. The number of piperidine rings is 1. The molecule has 18 heavy (non-hydrogen) atoms. The van der Waals surface area contributed by atoms with E-state index >= 15 is 0 Å². The summed E-state index contributed by atoms with van der Waals surface area (Å²) in [6.07, 6.45) is 4.27. The Morgan fingerprint density at radius 2 is 1.78 bits per heavy atom. The second-order valence-electron chi connectivity index (χ2n) is 4.80. The molecule has 1 aromatic rings. The van der Waals surface area contributed by atoms with Crippen molar-refractivity contribution in [1.82, 2.24) is 15.2 Å². The number of halogens is 1. The van der Waals surface area contributed by atoms with E-state index < -0.39 is 0 Å². The number of hydrogen-bond donors (Lipinski definition) is 0. The smallest absolute Gasteiger partial charge is 0.245 e. The van der Waals surface area contributed by atoms with E-state index in [0.717, 1.165) is 54.5 Å². The van der Waals surface area contributed by atoms with Crippen molar-refractivity contribution in [2.24, 2.45) is 5.92 Å². The molecule has 0 spiro atoms. The molecule has 5 heteroatoms. The van der Waals surface area contributed by atoms with E-state index in [1.807, 2.05) is 0 Å². The highest BCUT2D eigenvalue weighted by Gasteiger charge is 2.21. The predicted octanol–water partition coefficient (Wildman–Crippen LogP) is 2.61. The SMILES string of the molecule is CCc1nnc(N2CCC(CBr)CC2)nc1CC. The molecule has 0 saturated carbocycles. The van der Waals surface area contributed by atoms with E-state index in [1.165, 1.54) is 12.8 Å². The van der Waals surface area contributed by atoms with Crippen LogP contribution in [0, 0.1) is 5.92 Å². The molecule has 4 nitrogen and oxygen atoms in total. The van der Waals surface area contributed by atoms with Crippen molar-refractivity contribution in [3.05, 3.63) is 11.4 Å². The van der Waals surface area contributed by atoms with E-state index in [0.29, 0.717) is 0 Å². The fraction of sp³-hybridized carbons (Fsp3) is 0.769. The summed E-state index contributed by atoms with van der Waals surface area (Å²) < 4.78 is 0. The van der Waals surface area contributed by atoms with Crippen LogP contribution in [0.2, 0.25) is 0 Å². The fourth-order valence-corrected chi connectivity index (χ4v) is 3.00. The van der Waals surface area contributed by atoms with Gasteiger partial charge in [-0.3, -0.25) is 0 Å². The van der Waals surface area contributed by atoms with Crippen LogP contribution in [-0.4, -0.2) is 33.6 Å². The topological polar surface area (TPSA) is 41.9 Å². The molecular weight excluding hydrogens is 292 g/mol. The third kappa shape index (κ3) is 2.99. The molecule has 0 atom stereocenters. The first-order valence-corrected chi connectivity index (χ1v) is 7.94. The van der Waals surface area contributed by atoms with Crippen molar-refractivity contribution >= 4 is 21.9 Å². The molecule has 0 aromatic carbocycles.